The van der Waals surface area contributed by atoms with Gasteiger partial charge in [-0.3, -0.25) is 9.59 Å². The van der Waals surface area contributed by atoms with Crippen molar-refractivity contribution in [2.45, 2.75) is 88.3 Å². The van der Waals surface area contributed by atoms with E-state index in [4.69, 9.17) is 15.6 Å². The van der Waals surface area contributed by atoms with E-state index in [0.717, 1.165) is 52.8 Å². The maximum Gasteiger partial charge on any atom is 0.417 e. The lowest BCUT2D eigenvalue weighted by atomic mass is 9.69. The van der Waals surface area contributed by atoms with Crippen LogP contribution in [0.4, 0.5) is 17.6 Å². The van der Waals surface area contributed by atoms with Crippen LogP contribution >= 0.6 is 0 Å². The third-order valence-corrected chi connectivity index (χ3v) is 11.7. The quantitative estimate of drug-likeness (QED) is 0.240. The van der Waals surface area contributed by atoms with Crippen LogP contribution in [0.15, 0.2) is 36.5 Å². The molecule has 10 nitrogen and oxygen atoms in total. The normalized spacial score (nSPS) is 25.9. The number of hydrogen-bond acceptors (Lipinski definition) is 6. The summed E-state index contributed by atoms with van der Waals surface area (Å²) in [4.78, 5) is 29.8. The van der Waals surface area contributed by atoms with Gasteiger partial charge in [-0.25, -0.2) is 8.91 Å². The van der Waals surface area contributed by atoms with Gasteiger partial charge in [0.2, 0.25) is 5.91 Å². The zero-order valence-electron chi connectivity index (χ0n) is 29.3. The van der Waals surface area contributed by atoms with Crippen LogP contribution in [0.5, 0.6) is 5.75 Å². The minimum Gasteiger partial charge on any atom is -0.494 e. The molecule has 5 heterocycles. The summed E-state index contributed by atoms with van der Waals surface area (Å²) in [6.45, 7) is 3.95. The van der Waals surface area contributed by atoms with Gasteiger partial charge in [0.15, 0.2) is 5.60 Å². The number of aryl methyl sites for hydroxylation is 1. The highest BCUT2D eigenvalue weighted by Crippen LogP contribution is 2.49. The van der Waals surface area contributed by atoms with Crippen molar-refractivity contribution in [1.82, 2.24) is 24.0 Å². The molecule has 3 aromatic heterocycles. The Morgan fingerprint density at radius 1 is 1.06 bits per heavy atom. The Kier molecular flexibility index (Phi) is 8.56. The standard InChI is InChI=1S/C38H44F4N6O4/c1-21-32(44-48-18-25(13-31(52-2)33(21)48)35(49)46-19-27(39)14-28(43)20-46)30-12-24-4-3-5-29(34(24)47(30)17-22-6-7-22)23-8-10-45(11-9-23)36(50)26-15-37(51,16-26)38(40,41)42/h3-5,12-13,18,22-23,26-28,51H,6-11,14-17,19-20,43H2,1-2H3/t26?,27-,28-,37?/m1/s1. The van der Waals surface area contributed by atoms with Gasteiger partial charge in [0.05, 0.1) is 30.4 Å². The van der Waals surface area contributed by atoms with Crippen LogP contribution in [0.25, 0.3) is 27.8 Å². The van der Waals surface area contributed by atoms with Crippen molar-refractivity contribution in [3.8, 4) is 17.1 Å². The lowest BCUT2D eigenvalue weighted by molar-refractivity contribution is -0.296. The average molecular weight is 725 g/mol. The Morgan fingerprint density at radius 2 is 1.79 bits per heavy atom. The molecule has 278 valence electrons. The number of benzene rings is 1. The summed E-state index contributed by atoms with van der Waals surface area (Å²) < 4.78 is 63.7. The number of carbonyl (C=O) groups is 2. The van der Waals surface area contributed by atoms with E-state index in [-0.39, 0.29) is 37.2 Å². The highest BCUT2D eigenvalue weighted by molar-refractivity contribution is 5.96. The van der Waals surface area contributed by atoms with Crippen LogP contribution in [-0.2, 0) is 11.3 Å². The molecular weight excluding hydrogens is 680 g/mol. The smallest absolute Gasteiger partial charge is 0.417 e. The molecule has 2 aliphatic heterocycles. The lowest BCUT2D eigenvalue weighted by Crippen LogP contribution is -2.59. The van der Waals surface area contributed by atoms with Crippen molar-refractivity contribution in [2.24, 2.45) is 17.6 Å². The second kappa shape index (κ2) is 12.8. The number of methoxy groups -OCH3 is 1. The van der Waals surface area contributed by atoms with E-state index >= 15 is 0 Å². The van der Waals surface area contributed by atoms with Gasteiger partial charge in [-0.2, -0.15) is 18.3 Å². The first-order chi connectivity index (χ1) is 24.7. The van der Waals surface area contributed by atoms with Crippen LogP contribution in [-0.4, -0.2) is 98.2 Å². The van der Waals surface area contributed by atoms with Gasteiger partial charge < -0.3 is 29.9 Å². The molecule has 8 rings (SSSR count). The molecule has 2 saturated heterocycles. The molecule has 2 saturated carbocycles. The van der Waals surface area contributed by atoms with E-state index in [2.05, 4.69) is 22.8 Å². The monoisotopic (exact) mass is 724 g/mol. The van der Waals surface area contributed by atoms with Crippen molar-refractivity contribution in [3.05, 3.63) is 53.2 Å². The number of hydrogen-bond donors (Lipinski definition) is 2. The van der Waals surface area contributed by atoms with Crippen molar-refractivity contribution >= 4 is 28.2 Å². The van der Waals surface area contributed by atoms with Crippen LogP contribution in [0.3, 0.4) is 0 Å². The molecule has 2 amide bonds. The SMILES string of the molecule is COc1cc(C(=O)N2C[C@H](N)C[C@@H](F)C2)cn2nc(-c3cc4cccc(C5CCN(C(=O)C6CC(O)(C(F)(F)F)C6)CC5)c4n3CC3CC3)c(C)c12. The molecule has 52 heavy (non-hydrogen) atoms. The number of likely N-dealkylation sites (tertiary alicyclic amines) is 2. The Balaban J connectivity index is 1.10. The summed E-state index contributed by atoms with van der Waals surface area (Å²) in [5.41, 5.74) is 9.21. The maximum atomic E-state index is 14.3. The summed E-state index contributed by atoms with van der Waals surface area (Å²) >= 11 is 0. The van der Waals surface area contributed by atoms with E-state index in [1.54, 1.807) is 28.8 Å². The van der Waals surface area contributed by atoms with E-state index in [1.807, 2.05) is 13.0 Å². The number of amides is 2. The molecule has 4 fully saturated rings. The Bertz CT molecular complexity index is 2030. The number of carbonyl (C=O) groups excluding carboxylic acids is 2. The number of pyridine rings is 1. The second-order valence-electron chi connectivity index (χ2n) is 15.5. The number of piperidine rings is 2. The summed E-state index contributed by atoms with van der Waals surface area (Å²) in [6.07, 6.45) is -1.55. The fraction of sp³-hybridized carbons (Fsp3) is 0.553. The number of rotatable bonds is 7. The summed E-state index contributed by atoms with van der Waals surface area (Å²) in [6, 6.07) is 9.67. The number of aromatic nitrogens is 3. The number of para-hydroxylation sites is 1. The second-order valence-corrected chi connectivity index (χ2v) is 15.5. The summed E-state index contributed by atoms with van der Waals surface area (Å²) in [7, 11) is 1.55. The number of aliphatic hydroxyl groups is 1. The van der Waals surface area contributed by atoms with Gasteiger partial charge in [0.1, 0.15) is 23.1 Å². The topological polar surface area (TPSA) is 118 Å². The van der Waals surface area contributed by atoms with E-state index in [0.29, 0.717) is 43.2 Å². The molecular formula is C38H44F4N6O4. The first-order valence-corrected chi connectivity index (χ1v) is 18.2. The first kappa shape index (κ1) is 34.9. The molecule has 0 bridgehead atoms. The number of nitrogens with two attached hydrogens (primary N) is 1. The van der Waals surface area contributed by atoms with Crippen LogP contribution in [0.1, 0.15) is 72.3 Å². The fourth-order valence-electron chi connectivity index (χ4n) is 8.68. The number of fused-ring (bicyclic) bond motifs is 2. The maximum absolute atomic E-state index is 14.3. The molecule has 4 aromatic rings. The first-order valence-electron chi connectivity index (χ1n) is 18.2. The van der Waals surface area contributed by atoms with Gasteiger partial charge >= 0.3 is 6.18 Å². The molecule has 14 heteroatoms. The van der Waals surface area contributed by atoms with Gasteiger partial charge in [0, 0.05) is 55.3 Å². The lowest BCUT2D eigenvalue weighted by Gasteiger charge is -2.45. The Labute approximate surface area is 298 Å². The van der Waals surface area contributed by atoms with Gasteiger partial charge in [-0.05, 0) is 81.4 Å². The van der Waals surface area contributed by atoms with Crippen molar-refractivity contribution in [3.63, 3.8) is 0 Å². The summed E-state index contributed by atoms with van der Waals surface area (Å²) in [5.74, 6) is -0.285. The van der Waals surface area contributed by atoms with Crippen molar-refractivity contribution in [1.29, 1.82) is 0 Å². The molecule has 4 aliphatic rings. The molecule has 2 aliphatic carbocycles. The largest absolute Gasteiger partial charge is 0.494 e. The fourth-order valence-corrected chi connectivity index (χ4v) is 8.68. The zero-order valence-corrected chi connectivity index (χ0v) is 29.3. The predicted octanol–water partition coefficient (Wildman–Crippen LogP) is 5.60. The van der Waals surface area contributed by atoms with Crippen LogP contribution < -0.4 is 10.5 Å². The molecule has 2 atom stereocenters. The van der Waals surface area contributed by atoms with Gasteiger partial charge in [-0.1, -0.05) is 18.2 Å². The van der Waals surface area contributed by atoms with Gasteiger partial charge in [0.25, 0.3) is 5.91 Å². The van der Waals surface area contributed by atoms with Crippen molar-refractivity contribution in [2.75, 3.05) is 33.3 Å². The molecule has 3 N–H and O–H groups in total. The molecule has 0 radical (unpaired) electrons. The number of nitrogens with zero attached hydrogens (tertiary/aromatic N) is 5. The third-order valence-electron chi connectivity index (χ3n) is 11.7. The Hall–Kier alpha value is -4.17. The number of ether oxygens (including phenoxy) is 1. The molecule has 1 aromatic carbocycles. The average Bonchev–Trinajstić information content (AvgIpc) is 3.76. The third kappa shape index (κ3) is 6.01. The molecule has 0 spiro atoms. The number of halogens is 4. The van der Waals surface area contributed by atoms with E-state index < -0.39 is 42.8 Å². The molecule has 0 unspecified atom stereocenters. The van der Waals surface area contributed by atoms with Crippen molar-refractivity contribution < 1.29 is 37.0 Å². The minimum atomic E-state index is -4.73. The van der Waals surface area contributed by atoms with E-state index in [9.17, 15) is 32.3 Å². The van der Waals surface area contributed by atoms with Gasteiger partial charge in [-0.15, -0.1) is 0 Å². The minimum absolute atomic E-state index is 0.0119. The van der Waals surface area contributed by atoms with E-state index in [1.165, 1.54) is 10.5 Å². The Morgan fingerprint density at radius 3 is 2.44 bits per heavy atom. The van der Waals surface area contributed by atoms with Crippen LogP contribution in [0.2, 0.25) is 0 Å². The highest BCUT2D eigenvalue weighted by atomic mass is 19.4. The number of alkyl halides is 4. The highest BCUT2D eigenvalue weighted by Gasteiger charge is 2.63. The zero-order chi connectivity index (χ0) is 36.7. The van der Waals surface area contributed by atoms with Crippen LogP contribution in [0, 0.1) is 18.8 Å². The predicted molar refractivity (Wildman–Crippen MR) is 186 cm³/mol. The summed E-state index contributed by atoms with van der Waals surface area (Å²) in [5, 5.41) is 16.0.